The lowest BCUT2D eigenvalue weighted by Crippen LogP contribution is -2.45. The van der Waals surface area contributed by atoms with E-state index in [1.807, 2.05) is 36.4 Å². The van der Waals surface area contributed by atoms with E-state index < -0.39 is 18.6 Å². The molecule has 1 aromatic heterocycles. The predicted octanol–water partition coefficient (Wildman–Crippen LogP) is 4.95. The number of nitrogens with zero attached hydrogens (tertiary/aromatic N) is 4. The number of hydrogen-bond donors (Lipinski definition) is 1. The van der Waals surface area contributed by atoms with Crippen molar-refractivity contribution < 1.29 is 27.2 Å². The number of rotatable bonds is 7. The molecular weight excluding hydrogens is 538 g/mol. The summed E-state index contributed by atoms with van der Waals surface area (Å²) in [4.78, 5) is 35.2. The highest BCUT2D eigenvalue weighted by atomic mass is 19.4. The molecule has 2 aromatic carbocycles. The van der Waals surface area contributed by atoms with Gasteiger partial charge in [-0.15, -0.1) is 0 Å². The van der Waals surface area contributed by atoms with Gasteiger partial charge >= 0.3 is 12.2 Å². The van der Waals surface area contributed by atoms with Crippen molar-refractivity contribution in [3.8, 4) is 0 Å². The van der Waals surface area contributed by atoms with E-state index in [0.717, 1.165) is 56.0 Å². The van der Waals surface area contributed by atoms with Gasteiger partial charge in [0.1, 0.15) is 11.5 Å². The minimum absolute atomic E-state index is 0.00190. The highest BCUT2D eigenvalue weighted by Gasteiger charge is 2.32. The molecule has 0 saturated carbocycles. The number of alkyl halides is 3. The number of piperazine rings is 1. The van der Waals surface area contributed by atoms with Crippen molar-refractivity contribution >= 4 is 17.5 Å². The fourth-order valence-electron chi connectivity index (χ4n) is 5.13. The Bertz CT molecular complexity index is 1370. The fraction of sp³-hybridized carbons (Fsp3) is 0.367. The Kier molecular flexibility index (Phi) is 8.65. The van der Waals surface area contributed by atoms with Crippen LogP contribution < -0.4 is 10.2 Å². The van der Waals surface area contributed by atoms with Crippen LogP contribution in [0.3, 0.4) is 0 Å². The van der Waals surface area contributed by atoms with E-state index in [0.29, 0.717) is 0 Å². The summed E-state index contributed by atoms with van der Waals surface area (Å²) in [7, 11) is 0. The zero-order chi connectivity index (χ0) is 29.0. The molecule has 216 valence electrons. The maximum absolute atomic E-state index is 13.1. The van der Waals surface area contributed by atoms with Crippen molar-refractivity contribution in [3.63, 3.8) is 0 Å². The average molecular weight is 570 g/mol. The molecule has 3 aromatic rings. The standard InChI is InChI=1S/C30H31F4N5O2/c31-24-7-5-23(6-8-24)20-38-15-13-37(14-16-38)19-22-3-1-21(2-4-22)18-35-29(41)39-12-11-27(40)28-26(39)10-9-25(36-28)17-30(32,33)34/h1-10H,11-20H2,(H,35,41). The molecule has 3 heterocycles. The number of nitrogens with one attached hydrogen (secondary N) is 1. The minimum atomic E-state index is -4.44. The third-order valence-electron chi connectivity index (χ3n) is 7.33. The molecule has 0 unspecified atom stereocenters. The first kappa shape index (κ1) is 28.7. The molecule has 0 atom stereocenters. The van der Waals surface area contributed by atoms with Crippen molar-refractivity contribution in [1.29, 1.82) is 0 Å². The van der Waals surface area contributed by atoms with Crippen LogP contribution in [-0.2, 0) is 26.1 Å². The molecule has 41 heavy (non-hydrogen) atoms. The Morgan fingerprint density at radius 3 is 1.95 bits per heavy atom. The summed E-state index contributed by atoms with van der Waals surface area (Å²) in [6, 6.07) is 16.7. The van der Waals surface area contributed by atoms with Gasteiger partial charge in [-0.25, -0.2) is 14.2 Å². The molecule has 0 aliphatic carbocycles. The van der Waals surface area contributed by atoms with Gasteiger partial charge in [-0.2, -0.15) is 13.2 Å². The van der Waals surface area contributed by atoms with Gasteiger partial charge in [0.25, 0.3) is 0 Å². The molecule has 0 radical (unpaired) electrons. The maximum Gasteiger partial charge on any atom is 0.394 e. The second-order valence-corrected chi connectivity index (χ2v) is 10.4. The number of ketones is 1. The van der Waals surface area contributed by atoms with E-state index in [1.165, 1.54) is 29.2 Å². The SMILES string of the molecule is O=C1CCN(C(=O)NCc2ccc(CN3CCN(Cc4ccc(F)cc4)CC3)cc2)c2ccc(CC(F)(F)F)nc21. The van der Waals surface area contributed by atoms with Crippen molar-refractivity contribution in [2.75, 3.05) is 37.6 Å². The summed E-state index contributed by atoms with van der Waals surface area (Å²) in [6.07, 6.45) is -5.67. The van der Waals surface area contributed by atoms with Crippen molar-refractivity contribution in [2.24, 2.45) is 0 Å². The number of aromatic nitrogens is 1. The Morgan fingerprint density at radius 2 is 1.37 bits per heavy atom. The third kappa shape index (κ3) is 7.68. The number of urea groups is 1. The monoisotopic (exact) mass is 569 g/mol. The smallest absolute Gasteiger partial charge is 0.334 e. The summed E-state index contributed by atoms with van der Waals surface area (Å²) in [5.74, 6) is -0.600. The number of amides is 2. The molecule has 7 nitrogen and oxygen atoms in total. The van der Waals surface area contributed by atoms with Crippen LogP contribution in [0, 0.1) is 5.82 Å². The van der Waals surface area contributed by atoms with E-state index in [2.05, 4.69) is 20.1 Å². The van der Waals surface area contributed by atoms with Gasteiger partial charge in [0.15, 0.2) is 5.78 Å². The molecule has 2 aliphatic rings. The quantitative estimate of drug-likeness (QED) is 0.408. The van der Waals surface area contributed by atoms with Crippen LogP contribution in [0.4, 0.5) is 28.0 Å². The summed E-state index contributed by atoms with van der Waals surface area (Å²) in [5, 5.41) is 2.84. The predicted molar refractivity (Wildman–Crippen MR) is 146 cm³/mol. The van der Waals surface area contributed by atoms with Gasteiger partial charge in [-0.1, -0.05) is 36.4 Å². The lowest BCUT2D eigenvalue weighted by molar-refractivity contribution is -0.127. The summed E-state index contributed by atoms with van der Waals surface area (Å²) < 4.78 is 51.4. The Morgan fingerprint density at radius 1 is 0.805 bits per heavy atom. The number of pyridine rings is 1. The van der Waals surface area contributed by atoms with Crippen LogP contribution in [-0.4, -0.2) is 65.5 Å². The molecule has 1 saturated heterocycles. The minimum Gasteiger partial charge on any atom is -0.334 e. The van der Waals surface area contributed by atoms with E-state index in [1.54, 1.807) is 0 Å². The second kappa shape index (κ2) is 12.4. The highest BCUT2D eigenvalue weighted by Crippen LogP contribution is 2.28. The van der Waals surface area contributed by atoms with Crippen LogP contribution in [0.15, 0.2) is 60.7 Å². The van der Waals surface area contributed by atoms with Crippen molar-refractivity contribution in [3.05, 3.63) is 94.6 Å². The Hall–Kier alpha value is -3.83. The molecule has 11 heteroatoms. The Labute approximate surface area is 235 Å². The Balaban J connectivity index is 1.10. The molecule has 1 fully saturated rings. The van der Waals surface area contributed by atoms with Crippen molar-refractivity contribution in [2.45, 2.75) is 38.7 Å². The summed E-state index contributed by atoms with van der Waals surface area (Å²) >= 11 is 0. The van der Waals surface area contributed by atoms with Crippen LogP contribution in [0.5, 0.6) is 0 Å². The van der Waals surface area contributed by atoms with E-state index in [-0.39, 0.29) is 48.2 Å². The number of Topliss-reactive ketones (excluding diaryl/α,β-unsaturated/α-hetero) is 1. The number of benzene rings is 2. The first-order chi connectivity index (χ1) is 19.6. The van der Waals surface area contributed by atoms with Gasteiger partial charge in [0.05, 0.1) is 17.8 Å². The number of anilines is 1. The number of fused-ring (bicyclic) bond motifs is 1. The topological polar surface area (TPSA) is 68.8 Å². The lowest BCUT2D eigenvalue weighted by Gasteiger charge is -2.34. The zero-order valence-electron chi connectivity index (χ0n) is 22.5. The number of hydrogen-bond acceptors (Lipinski definition) is 5. The van der Waals surface area contributed by atoms with Crippen LogP contribution in [0.1, 0.15) is 39.3 Å². The normalized spacial score (nSPS) is 16.5. The summed E-state index contributed by atoms with van der Waals surface area (Å²) in [5.41, 5.74) is 3.03. The first-order valence-corrected chi connectivity index (χ1v) is 13.6. The maximum atomic E-state index is 13.1. The third-order valence-corrected chi connectivity index (χ3v) is 7.33. The van der Waals surface area contributed by atoms with E-state index in [4.69, 9.17) is 0 Å². The largest absolute Gasteiger partial charge is 0.394 e. The fourth-order valence-corrected chi connectivity index (χ4v) is 5.13. The highest BCUT2D eigenvalue weighted by molar-refractivity contribution is 6.07. The van der Waals surface area contributed by atoms with Gasteiger partial charge in [-0.05, 0) is 41.0 Å². The van der Waals surface area contributed by atoms with E-state index in [9.17, 15) is 27.2 Å². The number of halogens is 4. The van der Waals surface area contributed by atoms with Crippen LogP contribution in [0.2, 0.25) is 0 Å². The van der Waals surface area contributed by atoms with Gasteiger partial charge in [0.2, 0.25) is 0 Å². The van der Waals surface area contributed by atoms with Gasteiger partial charge in [-0.3, -0.25) is 19.5 Å². The number of carbonyl (C=O) groups is 2. The number of carbonyl (C=O) groups excluding carboxylic acids is 2. The average Bonchev–Trinajstić information content (AvgIpc) is 2.94. The van der Waals surface area contributed by atoms with Gasteiger partial charge in [0, 0.05) is 58.8 Å². The summed E-state index contributed by atoms with van der Waals surface area (Å²) in [6.45, 7) is 5.77. The molecule has 2 aliphatic heterocycles. The van der Waals surface area contributed by atoms with Crippen molar-refractivity contribution in [1.82, 2.24) is 20.1 Å². The molecule has 1 N–H and O–H groups in total. The molecular formula is C30H31F4N5O2. The first-order valence-electron chi connectivity index (χ1n) is 13.6. The lowest BCUT2D eigenvalue weighted by atomic mass is 10.1. The molecule has 0 bridgehead atoms. The van der Waals surface area contributed by atoms with Crippen LogP contribution >= 0.6 is 0 Å². The second-order valence-electron chi connectivity index (χ2n) is 10.4. The molecule has 0 spiro atoms. The van der Waals surface area contributed by atoms with E-state index >= 15 is 0 Å². The van der Waals surface area contributed by atoms with Gasteiger partial charge < -0.3 is 5.32 Å². The molecule has 2 amide bonds. The van der Waals surface area contributed by atoms with Crippen LogP contribution in [0.25, 0.3) is 0 Å². The molecule has 5 rings (SSSR count). The zero-order valence-corrected chi connectivity index (χ0v) is 22.5.